The first-order valence-electron chi connectivity index (χ1n) is 8.01. The van der Waals surface area contributed by atoms with Gasteiger partial charge in [0, 0.05) is 0 Å². The van der Waals surface area contributed by atoms with E-state index in [0.717, 1.165) is 25.7 Å². The van der Waals surface area contributed by atoms with Gasteiger partial charge in [0.25, 0.3) is 0 Å². The first kappa shape index (κ1) is 16.3. The monoisotopic (exact) mass is 298 g/mol. The molecule has 120 valence electrons. The van der Waals surface area contributed by atoms with E-state index in [1.165, 1.54) is 6.42 Å². The van der Waals surface area contributed by atoms with Gasteiger partial charge in [0.05, 0.1) is 6.04 Å². The number of nitrogens with zero attached hydrogens (tertiary/aromatic N) is 1. The van der Waals surface area contributed by atoms with Crippen LogP contribution in [-0.4, -0.2) is 51.8 Å². The maximum atomic E-state index is 12.4. The van der Waals surface area contributed by atoms with E-state index in [1.54, 1.807) is 6.92 Å². The summed E-state index contributed by atoms with van der Waals surface area (Å²) in [6.45, 7) is 7.91. The smallest absolute Gasteiger partial charge is 0.371 e. The van der Waals surface area contributed by atoms with Crippen LogP contribution < -0.4 is 0 Å². The third-order valence-corrected chi connectivity index (χ3v) is 4.95. The maximum Gasteiger partial charge on any atom is 0.371 e. The number of esters is 1. The number of carbonyl (C=O) groups excluding carboxylic acids is 1. The van der Waals surface area contributed by atoms with Gasteiger partial charge in [0.1, 0.15) is 12.1 Å². The van der Waals surface area contributed by atoms with Crippen molar-refractivity contribution in [1.82, 2.24) is 0 Å². The second-order valence-electron chi connectivity index (χ2n) is 7.53. The van der Waals surface area contributed by atoms with E-state index in [0.29, 0.717) is 17.1 Å². The van der Waals surface area contributed by atoms with Crippen molar-refractivity contribution < 1.29 is 23.9 Å². The molecule has 5 heteroatoms. The lowest BCUT2D eigenvalue weighted by Gasteiger charge is -2.35. The summed E-state index contributed by atoms with van der Waals surface area (Å²) in [6, 6.07) is -0.536. The number of carbonyl (C=O) groups is 2. The summed E-state index contributed by atoms with van der Waals surface area (Å²) in [5.74, 6) is -1.05. The molecule has 0 aromatic rings. The fourth-order valence-corrected chi connectivity index (χ4v) is 3.81. The van der Waals surface area contributed by atoms with Gasteiger partial charge in [-0.25, -0.2) is 9.59 Å². The molecular weight excluding hydrogens is 270 g/mol. The molecule has 1 heterocycles. The lowest BCUT2D eigenvalue weighted by molar-refractivity contribution is -0.853. The van der Waals surface area contributed by atoms with Crippen LogP contribution in [0, 0.1) is 0 Å². The number of rotatable bonds is 4. The van der Waals surface area contributed by atoms with E-state index in [-0.39, 0.29) is 12.0 Å². The largest absolute Gasteiger partial charge is 0.477 e. The zero-order valence-electron chi connectivity index (χ0n) is 13.6. The highest BCUT2D eigenvalue weighted by atomic mass is 16.6. The average Bonchev–Trinajstić information content (AvgIpc) is 3.13. The van der Waals surface area contributed by atoms with Crippen LogP contribution in [0.3, 0.4) is 0 Å². The van der Waals surface area contributed by atoms with Crippen molar-refractivity contribution in [2.75, 3.05) is 6.54 Å². The van der Waals surface area contributed by atoms with Crippen LogP contribution in [0.25, 0.3) is 0 Å². The van der Waals surface area contributed by atoms with Crippen LogP contribution in [0.5, 0.6) is 0 Å². The minimum absolute atomic E-state index is 0.235. The van der Waals surface area contributed by atoms with Crippen molar-refractivity contribution in [2.24, 2.45) is 0 Å². The van der Waals surface area contributed by atoms with Crippen LogP contribution in [0.4, 0.5) is 0 Å². The van der Waals surface area contributed by atoms with Gasteiger partial charge in [-0.15, -0.1) is 0 Å². The summed E-state index contributed by atoms with van der Waals surface area (Å²) in [6.07, 6.45) is 5.54. The molecule has 0 aromatic heterocycles. The van der Waals surface area contributed by atoms with Crippen molar-refractivity contribution in [1.29, 1.82) is 0 Å². The Kier molecular flexibility index (Phi) is 4.34. The van der Waals surface area contributed by atoms with Gasteiger partial charge in [-0.3, -0.25) is 4.48 Å². The van der Waals surface area contributed by atoms with E-state index >= 15 is 0 Å². The Hall–Kier alpha value is -1.10. The molecule has 0 amide bonds. The van der Waals surface area contributed by atoms with Gasteiger partial charge in [-0.05, 0) is 53.4 Å². The number of hydrogen-bond donors (Lipinski definition) is 1. The quantitative estimate of drug-likeness (QED) is 0.491. The predicted octanol–water partition coefficient (Wildman–Crippen LogP) is 2.33. The number of quaternary nitrogens is 1. The van der Waals surface area contributed by atoms with E-state index in [4.69, 9.17) is 4.74 Å². The highest BCUT2D eigenvalue weighted by Gasteiger charge is 2.68. The Bertz CT molecular complexity index is 422. The average molecular weight is 298 g/mol. The number of ether oxygens (including phenoxy) is 1. The molecule has 0 spiro atoms. The van der Waals surface area contributed by atoms with Crippen LogP contribution in [0.15, 0.2) is 0 Å². The molecule has 5 nitrogen and oxygen atoms in total. The fraction of sp³-hybridized carbons (Fsp3) is 0.875. The molecule has 2 fully saturated rings. The molecule has 2 unspecified atom stereocenters. The highest BCUT2D eigenvalue weighted by molar-refractivity contribution is 5.79. The fourth-order valence-electron chi connectivity index (χ4n) is 3.81. The zero-order valence-corrected chi connectivity index (χ0v) is 13.6. The molecule has 1 aliphatic carbocycles. The first-order chi connectivity index (χ1) is 9.68. The summed E-state index contributed by atoms with van der Waals surface area (Å²) in [7, 11) is 0. The van der Waals surface area contributed by atoms with Crippen LogP contribution in [-0.2, 0) is 14.3 Å². The Labute approximate surface area is 126 Å². The molecule has 0 bridgehead atoms. The second kappa shape index (κ2) is 5.59. The van der Waals surface area contributed by atoms with Crippen molar-refractivity contribution in [3.05, 3.63) is 0 Å². The molecule has 1 N–H and O–H groups in total. The molecule has 2 rings (SSSR count). The number of carboxylic acid groups (broad SMARTS) is 1. The minimum atomic E-state index is -0.813. The van der Waals surface area contributed by atoms with Crippen LogP contribution in [0.2, 0.25) is 0 Å². The van der Waals surface area contributed by atoms with Gasteiger partial charge in [0.15, 0.2) is 6.04 Å². The number of carboxylic acids is 1. The SMILES string of the molecule is C[C@@H](C(=O)O)[N+]1(C2CCCCC2)CC1C(=O)OC(C)(C)C. The van der Waals surface area contributed by atoms with Crippen LogP contribution in [0.1, 0.15) is 59.8 Å². The standard InChI is InChI=1S/C16H27NO4/c1-11(14(18)19)17(12-8-6-5-7-9-12)10-13(17)15(20)21-16(2,3)4/h11-13H,5-10H2,1-4H3/p+1/t11-,13?,17?/m0/s1. The van der Waals surface area contributed by atoms with Crippen molar-refractivity contribution >= 4 is 11.9 Å². The maximum absolute atomic E-state index is 12.4. The number of hydrogen-bond acceptors (Lipinski definition) is 3. The van der Waals surface area contributed by atoms with Gasteiger partial charge < -0.3 is 9.84 Å². The Morgan fingerprint density at radius 2 is 1.76 bits per heavy atom. The molecule has 0 radical (unpaired) electrons. The summed E-state index contributed by atoms with van der Waals surface area (Å²) < 4.78 is 5.90. The number of aliphatic carboxylic acids is 1. The van der Waals surface area contributed by atoms with Gasteiger partial charge in [0.2, 0.25) is 6.04 Å². The second-order valence-corrected chi connectivity index (χ2v) is 7.53. The summed E-state index contributed by atoms with van der Waals surface area (Å²) in [5.41, 5.74) is -0.519. The predicted molar refractivity (Wildman–Crippen MR) is 78.7 cm³/mol. The molecular formula is C16H28NO4+. The molecule has 1 saturated heterocycles. The minimum Gasteiger partial charge on any atom is -0.477 e. The third-order valence-electron chi connectivity index (χ3n) is 4.95. The molecule has 21 heavy (non-hydrogen) atoms. The first-order valence-corrected chi connectivity index (χ1v) is 8.01. The Morgan fingerprint density at radius 3 is 2.24 bits per heavy atom. The lowest BCUT2D eigenvalue weighted by atomic mass is 9.93. The van der Waals surface area contributed by atoms with Crippen LogP contribution >= 0.6 is 0 Å². The van der Waals surface area contributed by atoms with Gasteiger partial charge >= 0.3 is 11.9 Å². The molecule has 1 saturated carbocycles. The molecule has 0 aromatic carbocycles. The Morgan fingerprint density at radius 1 is 1.19 bits per heavy atom. The van der Waals surface area contributed by atoms with E-state index in [1.807, 2.05) is 20.8 Å². The van der Waals surface area contributed by atoms with E-state index in [2.05, 4.69) is 0 Å². The summed E-state index contributed by atoms with van der Waals surface area (Å²) in [4.78, 5) is 23.9. The zero-order chi connectivity index (χ0) is 15.8. The van der Waals surface area contributed by atoms with Crippen molar-refractivity contribution in [3.8, 4) is 0 Å². The lowest BCUT2D eigenvalue weighted by Crippen LogP contribution is -2.52. The topological polar surface area (TPSA) is 63.6 Å². The normalized spacial score (nSPS) is 31.5. The summed E-state index contributed by atoms with van der Waals surface area (Å²) in [5, 5.41) is 9.45. The van der Waals surface area contributed by atoms with Gasteiger partial charge in [-0.1, -0.05) is 6.42 Å². The third kappa shape index (κ3) is 3.23. The Balaban J connectivity index is 2.16. The van der Waals surface area contributed by atoms with E-state index in [9.17, 15) is 14.7 Å². The highest BCUT2D eigenvalue weighted by Crippen LogP contribution is 2.44. The molecule has 2 aliphatic rings. The van der Waals surface area contributed by atoms with Gasteiger partial charge in [-0.2, -0.15) is 0 Å². The van der Waals surface area contributed by atoms with E-state index < -0.39 is 17.6 Å². The molecule has 1 aliphatic heterocycles. The molecule has 3 atom stereocenters. The summed E-state index contributed by atoms with van der Waals surface area (Å²) >= 11 is 0. The van der Waals surface area contributed by atoms with Crippen molar-refractivity contribution in [2.45, 2.75) is 83.5 Å². The van der Waals surface area contributed by atoms with Crippen molar-refractivity contribution in [3.63, 3.8) is 0 Å².